The van der Waals surface area contributed by atoms with Crippen molar-refractivity contribution in [3.63, 3.8) is 0 Å². The van der Waals surface area contributed by atoms with Gasteiger partial charge in [-0.1, -0.05) is 19.9 Å². The predicted octanol–water partition coefficient (Wildman–Crippen LogP) is 0.140. The number of rotatable bonds is 6. The molecule has 0 unspecified atom stereocenters. The van der Waals surface area contributed by atoms with Gasteiger partial charge in [0.25, 0.3) is 0 Å². The maximum Gasteiger partial charge on any atom is 0.242 e. The maximum absolute atomic E-state index is 12.5. The van der Waals surface area contributed by atoms with E-state index in [1.165, 1.54) is 4.90 Å². The third-order valence-electron chi connectivity index (χ3n) is 3.11. The number of benzene rings is 1. The van der Waals surface area contributed by atoms with Crippen LogP contribution in [0.25, 0.3) is 11.0 Å². The summed E-state index contributed by atoms with van der Waals surface area (Å²) in [6.07, 6.45) is 0. The monoisotopic (exact) mass is 329 g/mol. The van der Waals surface area contributed by atoms with Crippen LogP contribution in [0.5, 0.6) is 0 Å². The Labute approximate surface area is 129 Å². The van der Waals surface area contributed by atoms with Gasteiger partial charge in [-0.25, -0.2) is 13.1 Å². The molecule has 0 aliphatic rings. The van der Waals surface area contributed by atoms with Gasteiger partial charge in [0.05, 0.1) is 32.4 Å². The van der Waals surface area contributed by atoms with Crippen molar-refractivity contribution in [2.75, 3.05) is 27.2 Å². The third-order valence-corrected chi connectivity index (χ3v) is 5.09. The van der Waals surface area contributed by atoms with E-state index in [1.54, 1.807) is 18.2 Å². The van der Waals surface area contributed by atoms with Crippen LogP contribution in [0.1, 0.15) is 13.8 Å². The Morgan fingerprint density at radius 1 is 1.29 bits per heavy atom. The zero-order valence-corrected chi connectivity index (χ0v) is 14.3. The first-order chi connectivity index (χ1) is 9.71. The molecule has 0 atom stereocenters. The van der Waals surface area contributed by atoms with E-state index >= 15 is 0 Å². The van der Waals surface area contributed by atoms with Crippen molar-refractivity contribution in [1.82, 2.24) is 13.5 Å². The first-order valence-electron chi connectivity index (χ1n) is 6.71. The number of fused-ring (bicyclic) bond motifs is 1. The van der Waals surface area contributed by atoms with Crippen molar-refractivity contribution in [3.05, 3.63) is 18.2 Å². The fraction of sp³-hybridized carbons (Fsp3) is 0.538. The van der Waals surface area contributed by atoms with Crippen molar-refractivity contribution in [2.45, 2.75) is 18.7 Å². The number of aromatic nitrogens is 2. The normalized spacial score (nSPS) is 13.2. The van der Waals surface area contributed by atoms with Gasteiger partial charge >= 0.3 is 0 Å². The molecule has 0 aliphatic heterocycles. The lowest BCUT2D eigenvalue weighted by molar-refractivity contribution is -0.865. The van der Waals surface area contributed by atoms with Crippen LogP contribution in [0.4, 0.5) is 0 Å². The fourth-order valence-electron chi connectivity index (χ4n) is 2.39. The molecule has 0 aliphatic carbocycles. The van der Waals surface area contributed by atoms with Gasteiger partial charge in [0.1, 0.15) is 15.9 Å². The SMILES string of the molecule is C[NH+](C)CC(C)(C)CNS(=O)(=O)c1cccc2nsnc12. The zero-order chi connectivity index (χ0) is 15.7. The molecule has 1 heterocycles. The topological polar surface area (TPSA) is 76.4 Å². The van der Waals surface area contributed by atoms with Crippen LogP contribution >= 0.6 is 11.7 Å². The largest absolute Gasteiger partial charge is 0.339 e. The highest BCUT2D eigenvalue weighted by atomic mass is 32.2. The molecule has 21 heavy (non-hydrogen) atoms. The van der Waals surface area contributed by atoms with E-state index in [4.69, 9.17) is 0 Å². The second-order valence-electron chi connectivity index (χ2n) is 6.26. The van der Waals surface area contributed by atoms with Crippen molar-refractivity contribution >= 4 is 32.8 Å². The minimum absolute atomic E-state index is 0.125. The smallest absolute Gasteiger partial charge is 0.242 e. The highest BCUT2D eigenvalue weighted by molar-refractivity contribution is 7.89. The lowest BCUT2D eigenvalue weighted by Gasteiger charge is -2.26. The summed E-state index contributed by atoms with van der Waals surface area (Å²) >= 11 is 1.02. The van der Waals surface area contributed by atoms with Gasteiger partial charge in [-0.3, -0.25) is 0 Å². The summed E-state index contributed by atoms with van der Waals surface area (Å²) in [5.74, 6) is 0. The van der Waals surface area contributed by atoms with Gasteiger partial charge in [0.15, 0.2) is 0 Å². The average Bonchev–Trinajstić information content (AvgIpc) is 2.83. The zero-order valence-electron chi connectivity index (χ0n) is 12.7. The molecular formula is C13H21N4O2S2+. The minimum Gasteiger partial charge on any atom is -0.339 e. The lowest BCUT2D eigenvalue weighted by Crippen LogP contribution is -3.07. The van der Waals surface area contributed by atoms with E-state index in [9.17, 15) is 8.42 Å². The summed E-state index contributed by atoms with van der Waals surface area (Å²) < 4.78 is 35.9. The molecule has 1 aromatic heterocycles. The molecule has 116 valence electrons. The van der Waals surface area contributed by atoms with Gasteiger partial charge < -0.3 is 4.90 Å². The van der Waals surface area contributed by atoms with Crippen LogP contribution in [0, 0.1) is 5.41 Å². The number of nitrogens with one attached hydrogen (secondary N) is 2. The number of sulfonamides is 1. The molecule has 0 amide bonds. The van der Waals surface area contributed by atoms with Crippen LogP contribution in [0.3, 0.4) is 0 Å². The lowest BCUT2D eigenvalue weighted by atomic mass is 9.93. The molecular weight excluding hydrogens is 308 g/mol. The van der Waals surface area contributed by atoms with E-state index in [2.05, 4.69) is 27.6 Å². The van der Waals surface area contributed by atoms with Gasteiger partial charge in [0.2, 0.25) is 10.0 Å². The standard InChI is InChI=1S/C13H20N4O2S2/c1-13(2,9-17(3)4)8-14-21(18,19)11-7-5-6-10-12(11)16-20-15-10/h5-7,14H,8-9H2,1-4H3/p+1. The summed E-state index contributed by atoms with van der Waals surface area (Å²) in [6.45, 7) is 5.35. The molecule has 0 spiro atoms. The first kappa shape index (κ1) is 16.3. The first-order valence-corrected chi connectivity index (χ1v) is 8.93. The molecule has 1 aromatic carbocycles. The van der Waals surface area contributed by atoms with E-state index in [0.717, 1.165) is 18.3 Å². The summed E-state index contributed by atoms with van der Waals surface area (Å²) in [7, 11) is 0.526. The second-order valence-corrected chi connectivity index (χ2v) is 8.52. The Balaban J connectivity index is 2.21. The molecule has 2 rings (SSSR count). The van der Waals surface area contributed by atoms with Crippen LogP contribution in [-0.4, -0.2) is 44.3 Å². The molecule has 2 aromatic rings. The van der Waals surface area contributed by atoms with Gasteiger partial charge in [-0.15, -0.1) is 0 Å². The third kappa shape index (κ3) is 3.97. The van der Waals surface area contributed by atoms with Crippen molar-refractivity contribution in [1.29, 1.82) is 0 Å². The van der Waals surface area contributed by atoms with Gasteiger partial charge in [-0.2, -0.15) is 8.75 Å². The Hall–Kier alpha value is -1.09. The highest BCUT2D eigenvalue weighted by Gasteiger charge is 2.26. The average molecular weight is 329 g/mol. The summed E-state index contributed by atoms with van der Waals surface area (Å²) in [5, 5.41) is 0. The van der Waals surface area contributed by atoms with Crippen molar-refractivity contribution < 1.29 is 13.3 Å². The molecule has 0 bridgehead atoms. The van der Waals surface area contributed by atoms with E-state index < -0.39 is 10.0 Å². The Kier molecular flexibility index (Phi) is 4.62. The van der Waals surface area contributed by atoms with E-state index in [-0.39, 0.29) is 10.3 Å². The van der Waals surface area contributed by atoms with Gasteiger partial charge in [0, 0.05) is 12.0 Å². The second kappa shape index (κ2) is 5.96. The molecule has 8 heteroatoms. The highest BCUT2D eigenvalue weighted by Crippen LogP contribution is 2.21. The number of nitrogens with zero attached hydrogens (tertiary/aromatic N) is 2. The number of hydrogen-bond donors (Lipinski definition) is 2. The van der Waals surface area contributed by atoms with Gasteiger partial charge in [-0.05, 0) is 12.1 Å². The number of hydrogen-bond acceptors (Lipinski definition) is 5. The fourth-order valence-corrected chi connectivity index (χ4v) is 4.39. The van der Waals surface area contributed by atoms with Crippen LogP contribution < -0.4 is 9.62 Å². The van der Waals surface area contributed by atoms with Crippen LogP contribution in [0.15, 0.2) is 23.1 Å². The summed E-state index contributed by atoms with van der Waals surface area (Å²) in [4.78, 5) is 1.48. The molecule has 0 fully saturated rings. The minimum atomic E-state index is -3.58. The van der Waals surface area contributed by atoms with Crippen LogP contribution in [0.2, 0.25) is 0 Å². The molecule has 0 saturated heterocycles. The predicted molar refractivity (Wildman–Crippen MR) is 84.1 cm³/mol. The quantitative estimate of drug-likeness (QED) is 0.790. The van der Waals surface area contributed by atoms with Crippen LogP contribution in [-0.2, 0) is 10.0 Å². The molecule has 2 N–H and O–H groups in total. The van der Waals surface area contributed by atoms with Crippen molar-refractivity contribution in [3.8, 4) is 0 Å². The van der Waals surface area contributed by atoms with E-state index in [1.807, 2.05) is 13.8 Å². The molecule has 6 nitrogen and oxygen atoms in total. The number of quaternary nitrogens is 1. The maximum atomic E-state index is 12.5. The van der Waals surface area contributed by atoms with E-state index in [0.29, 0.717) is 17.6 Å². The summed E-state index contributed by atoms with van der Waals surface area (Å²) in [5.41, 5.74) is 0.922. The Morgan fingerprint density at radius 2 is 2.00 bits per heavy atom. The van der Waals surface area contributed by atoms with Crippen molar-refractivity contribution in [2.24, 2.45) is 5.41 Å². The summed E-state index contributed by atoms with van der Waals surface area (Å²) in [6, 6.07) is 5.01. The Morgan fingerprint density at radius 3 is 2.67 bits per heavy atom. The molecule has 0 radical (unpaired) electrons. The Bertz CT molecular complexity index is 723. The molecule has 0 saturated carbocycles.